The highest BCUT2D eigenvalue weighted by molar-refractivity contribution is 5.74. The van der Waals surface area contributed by atoms with Crippen LogP contribution in [0.25, 0.3) is 5.69 Å². The molecule has 0 spiro atoms. The molecule has 1 aromatic heterocycles. The number of benzene rings is 2. The van der Waals surface area contributed by atoms with Crippen LogP contribution < -0.4 is 10.6 Å². The molecule has 0 radical (unpaired) electrons. The molecule has 2 aromatic carbocycles. The van der Waals surface area contributed by atoms with Gasteiger partial charge in [-0.2, -0.15) is 5.10 Å². The van der Waals surface area contributed by atoms with Gasteiger partial charge in [-0.3, -0.25) is 0 Å². The molecule has 2 amide bonds. The van der Waals surface area contributed by atoms with Crippen molar-refractivity contribution in [3.05, 3.63) is 84.2 Å². The highest BCUT2D eigenvalue weighted by Crippen LogP contribution is 2.12. The molecular weight excluding hydrogens is 316 g/mol. The fourth-order valence-corrected chi connectivity index (χ4v) is 2.54. The van der Waals surface area contributed by atoms with Crippen molar-refractivity contribution in [1.29, 1.82) is 0 Å². The highest BCUT2D eigenvalue weighted by Gasteiger charge is 2.12. The Morgan fingerprint density at radius 2 is 1.96 bits per heavy atom. The number of aliphatic hydroxyl groups is 1. The lowest BCUT2D eigenvalue weighted by Gasteiger charge is -2.17. The first-order chi connectivity index (χ1) is 12.3. The van der Waals surface area contributed by atoms with Crippen LogP contribution in [0.4, 0.5) is 4.79 Å². The number of amides is 2. The number of aliphatic hydroxyl groups excluding tert-OH is 1. The third kappa shape index (κ3) is 4.45. The van der Waals surface area contributed by atoms with Gasteiger partial charge in [-0.1, -0.05) is 42.5 Å². The number of rotatable bonds is 6. The number of nitrogens with one attached hydrogen (secondary N) is 2. The van der Waals surface area contributed by atoms with Crippen molar-refractivity contribution in [1.82, 2.24) is 20.4 Å². The Morgan fingerprint density at radius 1 is 1.12 bits per heavy atom. The normalized spacial score (nSPS) is 11.7. The molecule has 6 nitrogen and oxygen atoms in total. The minimum absolute atomic E-state index is 0.160. The van der Waals surface area contributed by atoms with Crippen molar-refractivity contribution in [2.75, 3.05) is 6.61 Å². The summed E-state index contributed by atoms with van der Waals surface area (Å²) in [5, 5.41) is 19.3. The van der Waals surface area contributed by atoms with Gasteiger partial charge in [0.15, 0.2) is 0 Å². The highest BCUT2D eigenvalue weighted by atomic mass is 16.3. The summed E-state index contributed by atoms with van der Waals surface area (Å²) in [6, 6.07) is 18.3. The Labute approximate surface area is 146 Å². The van der Waals surface area contributed by atoms with Gasteiger partial charge in [0.1, 0.15) is 0 Å². The zero-order valence-corrected chi connectivity index (χ0v) is 13.7. The second-order valence-corrected chi connectivity index (χ2v) is 5.59. The average Bonchev–Trinajstić information content (AvgIpc) is 3.20. The van der Waals surface area contributed by atoms with E-state index >= 15 is 0 Å². The van der Waals surface area contributed by atoms with Crippen LogP contribution in [0.3, 0.4) is 0 Å². The largest absolute Gasteiger partial charge is 0.394 e. The van der Waals surface area contributed by atoms with Crippen molar-refractivity contribution < 1.29 is 9.90 Å². The molecule has 1 atom stereocenters. The second kappa shape index (κ2) is 8.12. The Balaban J connectivity index is 1.58. The molecule has 1 heterocycles. The molecule has 0 saturated carbocycles. The summed E-state index contributed by atoms with van der Waals surface area (Å²) >= 11 is 0. The first-order valence-electron chi connectivity index (χ1n) is 8.05. The second-order valence-electron chi connectivity index (χ2n) is 5.59. The molecule has 0 aliphatic heterocycles. The predicted molar refractivity (Wildman–Crippen MR) is 95.2 cm³/mol. The van der Waals surface area contributed by atoms with Crippen LogP contribution in [-0.4, -0.2) is 27.5 Å². The fourth-order valence-electron chi connectivity index (χ4n) is 2.54. The predicted octanol–water partition coefficient (Wildman–Crippen LogP) is 2.41. The average molecular weight is 336 g/mol. The van der Waals surface area contributed by atoms with Gasteiger partial charge in [-0.25, -0.2) is 9.48 Å². The van der Waals surface area contributed by atoms with Crippen molar-refractivity contribution in [2.24, 2.45) is 0 Å². The van der Waals surface area contributed by atoms with Crippen molar-refractivity contribution in [3.63, 3.8) is 0 Å². The molecule has 25 heavy (non-hydrogen) atoms. The van der Waals surface area contributed by atoms with Crippen LogP contribution in [0.15, 0.2) is 73.1 Å². The Hall–Kier alpha value is -3.12. The molecule has 0 bridgehead atoms. The van der Waals surface area contributed by atoms with Crippen molar-refractivity contribution >= 4 is 6.03 Å². The molecular formula is C19H20N4O2. The zero-order valence-electron chi connectivity index (χ0n) is 13.7. The van der Waals surface area contributed by atoms with Crippen LogP contribution in [0.2, 0.25) is 0 Å². The number of nitrogens with zero attached hydrogens (tertiary/aromatic N) is 2. The first kappa shape index (κ1) is 16.7. The quantitative estimate of drug-likeness (QED) is 0.647. The van der Waals surface area contributed by atoms with E-state index in [4.69, 9.17) is 0 Å². The van der Waals surface area contributed by atoms with Gasteiger partial charge in [0, 0.05) is 18.9 Å². The number of aromatic nitrogens is 2. The lowest BCUT2D eigenvalue weighted by molar-refractivity contribution is 0.216. The fraction of sp³-hybridized carbons (Fsp3) is 0.158. The van der Waals surface area contributed by atoms with Crippen LogP contribution in [-0.2, 0) is 6.54 Å². The molecule has 3 rings (SSSR count). The number of urea groups is 1. The van der Waals surface area contributed by atoms with Crippen LogP contribution >= 0.6 is 0 Å². The van der Waals surface area contributed by atoms with Crippen molar-refractivity contribution in [3.8, 4) is 5.69 Å². The summed E-state index contributed by atoms with van der Waals surface area (Å²) in [5.41, 5.74) is 2.76. The lowest BCUT2D eigenvalue weighted by atomic mass is 10.1. The Bertz CT molecular complexity index is 803. The van der Waals surface area contributed by atoms with E-state index in [0.717, 1.165) is 16.8 Å². The molecule has 0 fully saturated rings. The summed E-state index contributed by atoms with van der Waals surface area (Å²) < 4.78 is 1.76. The molecule has 3 N–H and O–H groups in total. The topological polar surface area (TPSA) is 79.2 Å². The molecule has 0 aliphatic rings. The van der Waals surface area contributed by atoms with E-state index in [0.29, 0.717) is 6.54 Å². The number of carbonyl (C=O) groups excluding carboxylic acids is 1. The summed E-state index contributed by atoms with van der Waals surface area (Å²) in [6.45, 7) is 0.222. The Kier molecular flexibility index (Phi) is 5.43. The van der Waals surface area contributed by atoms with E-state index in [-0.39, 0.29) is 12.6 Å². The smallest absolute Gasteiger partial charge is 0.315 e. The molecule has 1 unspecified atom stereocenters. The third-order valence-electron chi connectivity index (χ3n) is 3.82. The molecule has 0 saturated heterocycles. The maximum Gasteiger partial charge on any atom is 0.315 e. The summed E-state index contributed by atoms with van der Waals surface area (Å²) in [6.07, 6.45) is 3.59. The lowest BCUT2D eigenvalue weighted by Crippen LogP contribution is -2.38. The minimum atomic E-state index is -0.434. The number of hydrogen-bond donors (Lipinski definition) is 3. The maximum atomic E-state index is 12.1. The summed E-state index contributed by atoms with van der Waals surface area (Å²) in [7, 11) is 0. The number of carbonyl (C=O) groups is 1. The molecule has 0 aliphatic carbocycles. The minimum Gasteiger partial charge on any atom is -0.394 e. The van der Waals surface area contributed by atoms with E-state index < -0.39 is 6.04 Å². The van der Waals surface area contributed by atoms with Gasteiger partial charge in [0.05, 0.1) is 18.3 Å². The van der Waals surface area contributed by atoms with Gasteiger partial charge in [-0.15, -0.1) is 0 Å². The Morgan fingerprint density at radius 3 is 2.68 bits per heavy atom. The third-order valence-corrected chi connectivity index (χ3v) is 3.82. The van der Waals surface area contributed by atoms with E-state index in [1.807, 2.05) is 66.9 Å². The van der Waals surface area contributed by atoms with Gasteiger partial charge in [0.25, 0.3) is 0 Å². The van der Waals surface area contributed by atoms with Crippen molar-refractivity contribution in [2.45, 2.75) is 12.6 Å². The van der Waals surface area contributed by atoms with Gasteiger partial charge < -0.3 is 15.7 Å². The van der Waals surface area contributed by atoms with E-state index in [9.17, 15) is 9.90 Å². The standard InChI is InChI=1S/C19H20N4O2/c24-14-18(16-7-2-1-3-8-16)22-19(25)20-13-15-6-4-9-17(12-15)23-11-5-10-21-23/h1-12,18,24H,13-14H2,(H2,20,22,25). The molecule has 6 heteroatoms. The van der Waals surface area contributed by atoms with Gasteiger partial charge in [0.2, 0.25) is 0 Å². The molecule has 3 aromatic rings. The van der Waals surface area contributed by atoms with Gasteiger partial charge >= 0.3 is 6.03 Å². The number of hydrogen-bond acceptors (Lipinski definition) is 3. The summed E-state index contributed by atoms with van der Waals surface area (Å²) in [5.74, 6) is 0. The maximum absolute atomic E-state index is 12.1. The van der Waals surface area contributed by atoms with Gasteiger partial charge in [-0.05, 0) is 29.3 Å². The van der Waals surface area contributed by atoms with Crippen LogP contribution in [0.5, 0.6) is 0 Å². The van der Waals surface area contributed by atoms with Crippen LogP contribution in [0.1, 0.15) is 17.2 Å². The van der Waals surface area contributed by atoms with E-state index in [2.05, 4.69) is 15.7 Å². The molecule has 128 valence electrons. The van der Waals surface area contributed by atoms with Crippen LogP contribution in [0, 0.1) is 0 Å². The SMILES string of the molecule is O=C(NCc1cccc(-n2cccn2)c1)NC(CO)c1ccccc1. The zero-order chi connectivity index (χ0) is 17.5. The first-order valence-corrected chi connectivity index (χ1v) is 8.05. The summed E-state index contributed by atoms with van der Waals surface area (Å²) in [4.78, 5) is 12.1. The monoisotopic (exact) mass is 336 g/mol. The van der Waals surface area contributed by atoms with E-state index in [1.165, 1.54) is 0 Å². The van der Waals surface area contributed by atoms with E-state index in [1.54, 1.807) is 10.9 Å².